The summed E-state index contributed by atoms with van der Waals surface area (Å²) in [5.41, 5.74) is 2.22. The molecular weight excluding hydrogens is 361 g/mol. The van der Waals surface area contributed by atoms with Crippen molar-refractivity contribution in [2.75, 3.05) is 0 Å². The summed E-state index contributed by atoms with van der Waals surface area (Å²) in [5, 5.41) is 13.4. The maximum absolute atomic E-state index is 13.2. The van der Waals surface area contributed by atoms with Gasteiger partial charge in [0.25, 0.3) is 5.56 Å². The summed E-state index contributed by atoms with van der Waals surface area (Å²) in [6.07, 6.45) is 0. The average molecular weight is 377 g/mol. The van der Waals surface area contributed by atoms with Crippen molar-refractivity contribution in [1.29, 1.82) is 0 Å². The molecule has 2 aromatic heterocycles. The van der Waals surface area contributed by atoms with Gasteiger partial charge >= 0.3 is 0 Å². The molecule has 4 aromatic rings. The zero-order chi connectivity index (χ0) is 19.7. The number of phenolic OH excluding ortho intramolecular Hbond substituents is 1. The molecule has 0 radical (unpaired) electrons. The summed E-state index contributed by atoms with van der Waals surface area (Å²) < 4.78 is 20.0. The van der Waals surface area contributed by atoms with E-state index in [4.69, 9.17) is 4.52 Å². The second-order valence-corrected chi connectivity index (χ2v) is 6.32. The second kappa shape index (κ2) is 7.11. The molecule has 0 unspecified atom stereocenters. The number of hydrogen-bond acceptors (Lipinski definition) is 5. The molecule has 7 heteroatoms. The Morgan fingerprint density at radius 1 is 1.04 bits per heavy atom. The lowest BCUT2D eigenvalue weighted by Crippen LogP contribution is -2.23. The van der Waals surface area contributed by atoms with Crippen LogP contribution in [0.5, 0.6) is 5.75 Å². The van der Waals surface area contributed by atoms with Gasteiger partial charge in [0.15, 0.2) is 17.3 Å². The number of nitrogens with zero attached hydrogens (tertiary/aromatic N) is 3. The van der Waals surface area contributed by atoms with Crippen LogP contribution in [0.25, 0.3) is 22.5 Å². The number of halogens is 1. The van der Waals surface area contributed by atoms with Crippen LogP contribution in [-0.2, 0) is 6.54 Å². The first-order chi connectivity index (χ1) is 13.5. The Labute approximate surface area is 159 Å². The number of benzene rings is 2. The largest absolute Gasteiger partial charge is 0.505 e. The first-order valence-corrected chi connectivity index (χ1v) is 8.59. The number of aromatic nitrogens is 3. The Kier molecular flexibility index (Phi) is 4.49. The van der Waals surface area contributed by atoms with Crippen molar-refractivity contribution < 1.29 is 14.0 Å². The monoisotopic (exact) mass is 377 g/mol. The predicted molar refractivity (Wildman–Crippen MR) is 101 cm³/mol. The topological polar surface area (TPSA) is 81.2 Å². The van der Waals surface area contributed by atoms with Crippen LogP contribution in [0.3, 0.4) is 0 Å². The summed E-state index contributed by atoms with van der Waals surface area (Å²) >= 11 is 0. The Morgan fingerprint density at radius 3 is 2.54 bits per heavy atom. The van der Waals surface area contributed by atoms with Crippen LogP contribution >= 0.6 is 0 Å². The molecule has 2 aromatic carbocycles. The van der Waals surface area contributed by atoms with Crippen LogP contribution < -0.4 is 5.56 Å². The zero-order valence-corrected chi connectivity index (χ0v) is 15.0. The van der Waals surface area contributed by atoms with Gasteiger partial charge in [-0.1, -0.05) is 35.5 Å². The zero-order valence-electron chi connectivity index (χ0n) is 15.0. The average Bonchev–Trinajstić information content (AvgIpc) is 3.16. The van der Waals surface area contributed by atoms with E-state index in [1.807, 2.05) is 30.3 Å². The molecule has 0 fully saturated rings. The van der Waals surface area contributed by atoms with Crippen molar-refractivity contribution in [2.45, 2.75) is 13.5 Å². The number of rotatable bonds is 4. The Hall–Kier alpha value is -3.74. The van der Waals surface area contributed by atoms with Gasteiger partial charge in [0.2, 0.25) is 0 Å². The van der Waals surface area contributed by atoms with Crippen LogP contribution in [0.15, 0.2) is 70.0 Å². The van der Waals surface area contributed by atoms with Gasteiger partial charge in [0.1, 0.15) is 11.5 Å². The van der Waals surface area contributed by atoms with E-state index in [2.05, 4.69) is 10.1 Å². The van der Waals surface area contributed by atoms with Gasteiger partial charge in [-0.15, -0.1) is 0 Å². The standard InChI is InChI=1S/C21H16FN3O3/c1-13-23-18(14-5-3-2-4-6-14)11-21(27)25(13)12-16-10-19(24-28-16)15-7-8-17(22)20(26)9-15/h2-11,26H,12H2,1H3. The molecule has 0 aliphatic heterocycles. The first kappa shape index (κ1) is 17.7. The van der Waals surface area contributed by atoms with Crippen molar-refractivity contribution in [3.05, 3.63) is 88.4 Å². The molecule has 4 rings (SSSR count). The smallest absolute Gasteiger partial charge is 0.254 e. The third-order valence-corrected chi connectivity index (χ3v) is 4.38. The van der Waals surface area contributed by atoms with Gasteiger partial charge in [-0.2, -0.15) is 0 Å². The van der Waals surface area contributed by atoms with Crippen LogP contribution in [-0.4, -0.2) is 19.8 Å². The van der Waals surface area contributed by atoms with Crippen molar-refractivity contribution >= 4 is 0 Å². The molecule has 1 N–H and O–H groups in total. The lowest BCUT2D eigenvalue weighted by atomic mass is 10.1. The van der Waals surface area contributed by atoms with Crippen molar-refractivity contribution in [1.82, 2.24) is 14.7 Å². The molecule has 0 saturated heterocycles. The van der Waals surface area contributed by atoms with E-state index in [-0.39, 0.29) is 12.1 Å². The maximum atomic E-state index is 13.2. The minimum absolute atomic E-state index is 0.160. The fourth-order valence-electron chi connectivity index (χ4n) is 2.92. The molecule has 2 heterocycles. The highest BCUT2D eigenvalue weighted by atomic mass is 19.1. The van der Waals surface area contributed by atoms with Crippen LogP contribution in [0, 0.1) is 12.7 Å². The fraction of sp³-hybridized carbons (Fsp3) is 0.0952. The van der Waals surface area contributed by atoms with Crippen molar-refractivity contribution in [3.63, 3.8) is 0 Å². The molecule has 6 nitrogen and oxygen atoms in total. The normalized spacial score (nSPS) is 10.9. The number of aromatic hydroxyl groups is 1. The summed E-state index contributed by atoms with van der Waals surface area (Å²) in [5.74, 6) is -0.184. The predicted octanol–water partition coefficient (Wildman–Crippen LogP) is 3.77. The highest BCUT2D eigenvalue weighted by Crippen LogP contribution is 2.25. The molecule has 28 heavy (non-hydrogen) atoms. The van der Waals surface area contributed by atoms with E-state index in [0.717, 1.165) is 11.6 Å². The highest BCUT2D eigenvalue weighted by molar-refractivity contribution is 5.61. The molecule has 140 valence electrons. The van der Waals surface area contributed by atoms with Gasteiger partial charge in [0, 0.05) is 23.3 Å². The molecule has 0 aliphatic carbocycles. The second-order valence-electron chi connectivity index (χ2n) is 6.32. The number of phenols is 1. The van der Waals surface area contributed by atoms with E-state index in [9.17, 15) is 14.3 Å². The van der Waals surface area contributed by atoms with Gasteiger partial charge in [-0.05, 0) is 25.1 Å². The van der Waals surface area contributed by atoms with Gasteiger partial charge < -0.3 is 9.63 Å². The summed E-state index contributed by atoms with van der Waals surface area (Å²) in [6, 6.07) is 16.5. The third kappa shape index (κ3) is 3.42. The van der Waals surface area contributed by atoms with E-state index in [1.165, 1.54) is 22.8 Å². The molecule has 0 spiro atoms. The van der Waals surface area contributed by atoms with E-state index in [1.54, 1.807) is 13.0 Å². The minimum atomic E-state index is -0.709. The molecule has 0 aliphatic rings. The fourth-order valence-corrected chi connectivity index (χ4v) is 2.92. The lowest BCUT2D eigenvalue weighted by molar-refractivity contribution is 0.375. The molecule has 0 bridgehead atoms. The summed E-state index contributed by atoms with van der Waals surface area (Å²) in [7, 11) is 0. The van der Waals surface area contributed by atoms with Crippen LogP contribution in [0.4, 0.5) is 4.39 Å². The van der Waals surface area contributed by atoms with E-state index in [0.29, 0.717) is 28.5 Å². The van der Waals surface area contributed by atoms with Crippen molar-refractivity contribution in [3.8, 4) is 28.3 Å². The Bertz CT molecular complexity index is 1200. The van der Waals surface area contributed by atoms with Gasteiger partial charge in [0.05, 0.1) is 12.2 Å². The summed E-state index contributed by atoms with van der Waals surface area (Å²) in [6.45, 7) is 1.91. The van der Waals surface area contributed by atoms with E-state index < -0.39 is 11.6 Å². The Morgan fingerprint density at radius 2 is 1.82 bits per heavy atom. The highest BCUT2D eigenvalue weighted by Gasteiger charge is 2.13. The number of hydrogen-bond donors (Lipinski definition) is 1. The lowest BCUT2D eigenvalue weighted by Gasteiger charge is -2.09. The quantitative estimate of drug-likeness (QED) is 0.586. The maximum Gasteiger partial charge on any atom is 0.254 e. The van der Waals surface area contributed by atoms with Crippen LogP contribution in [0.2, 0.25) is 0 Å². The van der Waals surface area contributed by atoms with E-state index >= 15 is 0 Å². The summed E-state index contributed by atoms with van der Waals surface area (Å²) in [4.78, 5) is 17.1. The van der Waals surface area contributed by atoms with Gasteiger partial charge in [-0.3, -0.25) is 9.36 Å². The van der Waals surface area contributed by atoms with Gasteiger partial charge in [-0.25, -0.2) is 9.37 Å². The van der Waals surface area contributed by atoms with Crippen LogP contribution in [0.1, 0.15) is 11.6 Å². The molecular formula is C21H16FN3O3. The SMILES string of the molecule is Cc1nc(-c2ccccc2)cc(=O)n1Cc1cc(-c2ccc(F)c(O)c2)no1. The number of aryl methyl sites for hydroxylation is 1. The first-order valence-electron chi connectivity index (χ1n) is 8.59. The molecule has 0 atom stereocenters. The minimum Gasteiger partial charge on any atom is -0.505 e. The van der Waals surface area contributed by atoms with Crippen molar-refractivity contribution in [2.24, 2.45) is 0 Å². The Balaban J connectivity index is 1.62. The third-order valence-electron chi connectivity index (χ3n) is 4.38. The molecule has 0 amide bonds. The molecule has 0 saturated carbocycles.